The van der Waals surface area contributed by atoms with Crippen LogP contribution in [0.25, 0.3) is 21.7 Å². The fourth-order valence-electron chi connectivity index (χ4n) is 3.63. The number of aromatic nitrogens is 1. The van der Waals surface area contributed by atoms with Crippen LogP contribution in [0, 0.1) is 0 Å². The number of methoxy groups -OCH3 is 1. The van der Waals surface area contributed by atoms with E-state index in [4.69, 9.17) is 15.2 Å². The van der Waals surface area contributed by atoms with Crippen LogP contribution in [0.4, 0.5) is 17.1 Å². The molecule has 5 aromatic rings. The number of hydrogen-bond acceptors (Lipinski definition) is 5. The monoisotopic (exact) mass is 407 g/mol. The smallest absolute Gasteiger partial charge is 0.138 e. The molecule has 0 aliphatic rings. The van der Waals surface area contributed by atoms with Gasteiger partial charge in [-0.15, -0.1) is 0 Å². The molecular formula is C26H21N3O2. The lowest BCUT2D eigenvalue weighted by Crippen LogP contribution is -1.96. The second kappa shape index (κ2) is 7.88. The molecule has 31 heavy (non-hydrogen) atoms. The number of pyridine rings is 1. The van der Waals surface area contributed by atoms with Gasteiger partial charge in [0.2, 0.25) is 0 Å². The van der Waals surface area contributed by atoms with Gasteiger partial charge < -0.3 is 20.5 Å². The molecule has 0 aliphatic carbocycles. The fraction of sp³-hybridized carbons (Fsp3) is 0.0385. The first-order valence-electron chi connectivity index (χ1n) is 9.96. The minimum Gasteiger partial charge on any atom is -0.497 e. The Morgan fingerprint density at radius 2 is 1.58 bits per heavy atom. The number of hydrogen-bond donors (Lipinski definition) is 2. The van der Waals surface area contributed by atoms with Gasteiger partial charge in [-0.05, 0) is 60.0 Å². The molecule has 0 aliphatic heterocycles. The van der Waals surface area contributed by atoms with Crippen molar-refractivity contribution in [2.24, 2.45) is 0 Å². The van der Waals surface area contributed by atoms with Crippen LogP contribution >= 0.6 is 0 Å². The van der Waals surface area contributed by atoms with Crippen LogP contribution < -0.4 is 20.5 Å². The molecule has 1 aromatic heterocycles. The number of fused-ring (bicyclic) bond motifs is 2. The van der Waals surface area contributed by atoms with E-state index in [1.807, 2.05) is 72.8 Å². The van der Waals surface area contributed by atoms with Crippen molar-refractivity contribution in [3.05, 3.63) is 91.1 Å². The van der Waals surface area contributed by atoms with Gasteiger partial charge in [0, 0.05) is 28.7 Å². The summed E-state index contributed by atoms with van der Waals surface area (Å²) in [5, 5.41) is 6.51. The van der Waals surface area contributed by atoms with Crippen molar-refractivity contribution in [3.63, 3.8) is 0 Å². The minimum absolute atomic E-state index is 0.709. The summed E-state index contributed by atoms with van der Waals surface area (Å²) in [5.41, 5.74) is 9.50. The summed E-state index contributed by atoms with van der Waals surface area (Å²) >= 11 is 0. The lowest BCUT2D eigenvalue weighted by Gasteiger charge is -2.13. The molecule has 0 atom stereocenters. The second-order valence-corrected chi connectivity index (χ2v) is 7.19. The molecule has 3 N–H and O–H groups in total. The number of nitrogens with two attached hydrogens (primary N) is 1. The van der Waals surface area contributed by atoms with E-state index in [2.05, 4.69) is 22.4 Å². The third-order valence-corrected chi connectivity index (χ3v) is 5.22. The van der Waals surface area contributed by atoms with Crippen LogP contribution in [0.1, 0.15) is 0 Å². The topological polar surface area (TPSA) is 69.4 Å². The maximum atomic E-state index is 6.23. The summed E-state index contributed by atoms with van der Waals surface area (Å²) < 4.78 is 11.5. The molecule has 0 radical (unpaired) electrons. The van der Waals surface area contributed by atoms with E-state index in [1.54, 1.807) is 13.3 Å². The number of nitrogens with one attached hydrogen (secondary N) is 1. The molecule has 0 unspecified atom stereocenters. The van der Waals surface area contributed by atoms with Gasteiger partial charge >= 0.3 is 0 Å². The Morgan fingerprint density at radius 1 is 0.774 bits per heavy atom. The molecule has 5 heteroatoms. The number of benzene rings is 4. The van der Waals surface area contributed by atoms with E-state index in [0.717, 1.165) is 50.3 Å². The lowest BCUT2D eigenvalue weighted by molar-refractivity contribution is 0.415. The van der Waals surface area contributed by atoms with Crippen LogP contribution in [-0.4, -0.2) is 12.1 Å². The van der Waals surface area contributed by atoms with Crippen LogP contribution in [0.5, 0.6) is 17.2 Å². The van der Waals surface area contributed by atoms with Gasteiger partial charge in [0.1, 0.15) is 17.2 Å². The minimum atomic E-state index is 0.709. The molecule has 0 amide bonds. The Kier molecular flexibility index (Phi) is 4.77. The highest BCUT2D eigenvalue weighted by molar-refractivity contribution is 5.97. The predicted octanol–water partition coefficient (Wildman–Crippen LogP) is 6.51. The molecule has 0 fully saturated rings. The van der Waals surface area contributed by atoms with Crippen molar-refractivity contribution < 1.29 is 9.47 Å². The summed E-state index contributed by atoms with van der Waals surface area (Å²) in [5.74, 6) is 2.27. The third-order valence-electron chi connectivity index (χ3n) is 5.22. The predicted molar refractivity (Wildman–Crippen MR) is 126 cm³/mol. The summed E-state index contributed by atoms with van der Waals surface area (Å²) in [6.07, 6.45) is 1.74. The number of nitrogens with zero attached hydrogens (tertiary/aromatic N) is 1. The Balaban J connectivity index is 1.49. The van der Waals surface area contributed by atoms with Crippen molar-refractivity contribution in [1.82, 2.24) is 4.98 Å². The van der Waals surface area contributed by atoms with Gasteiger partial charge in [0.05, 0.1) is 24.0 Å². The summed E-state index contributed by atoms with van der Waals surface area (Å²) in [6.45, 7) is 0. The number of nitrogen functional groups attached to an aromatic ring is 1. The number of rotatable bonds is 5. The third kappa shape index (κ3) is 3.69. The number of ether oxygens (including phenoxy) is 2. The molecule has 152 valence electrons. The Morgan fingerprint density at radius 3 is 2.45 bits per heavy atom. The van der Waals surface area contributed by atoms with Gasteiger partial charge in [-0.2, -0.15) is 0 Å². The van der Waals surface area contributed by atoms with Gasteiger partial charge in [-0.25, -0.2) is 0 Å². The van der Waals surface area contributed by atoms with Crippen LogP contribution in [0.15, 0.2) is 91.1 Å². The average molecular weight is 407 g/mol. The van der Waals surface area contributed by atoms with Crippen molar-refractivity contribution >= 4 is 38.7 Å². The van der Waals surface area contributed by atoms with Crippen LogP contribution in [0.3, 0.4) is 0 Å². The van der Waals surface area contributed by atoms with E-state index in [0.29, 0.717) is 5.69 Å². The van der Waals surface area contributed by atoms with Crippen molar-refractivity contribution in [2.45, 2.75) is 0 Å². The summed E-state index contributed by atoms with van der Waals surface area (Å²) in [6, 6.07) is 27.6. The Bertz CT molecular complexity index is 1400. The van der Waals surface area contributed by atoms with Crippen molar-refractivity contribution in [2.75, 3.05) is 18.2 Å². The zero-order valence-corrected chi connectivity index (χ0v) is 17.0. The van der Waals surface area contributed by atoms with Crippen LogP contribution in [0.2, 0.25) is 0 Å². The molecule has 0 spiro atoms. The first-order chi connectivity index (χ1) is 15.2. The first-order valence-corrected chi connectivity index (χ1v) is 9.96. The average Bonchev–Trinajstić information content (AvgIpc) is 2.80. The second-order valence-electron chi connectivity index (χ2n) is 7.19. The van der Waals surface area contributed by atoms with E-state index >= 15 is 0 Å². The van der Waals surface area contributed by atoms with E-state index < -0.39 is 0 Å². The van der Waals surface area contributed by atoms with Gasteiger partial charge in [-0.3, -0.25) is 4.98 Å². The van der Waals surface area contributed by atoms with E-state index in [1.165, 1.54) is 0 Å². The van der Waals surface area contributed by atoms with E-state index in [9.17, 15) is 0 Å². The van der Waals surface area contributed by atoms with Gasteiger partial charge in [0.25, 0.3) is 0 Å². The highest BCUT2D eigenvalue weighted by Gasteiger charge is 2.08. The molecule has 0 bridgehead atoms. The van der Waals surface area contributed by atoms with Gasteiger partial charge in [-0.1, -0.05) is 24.3 Å². The summed E-state index contributed by atoms with van der Waals surface area (Å²) in [7, 11) is 1.64. The Labute approximate surface area is 180 Å². The van der Waals surface area contributed by atoms with Gasteiger partial charge in [0.15, 0.2) is 0 Å². The normalized spacial score (nSPS) is 10.9. The maximum Gasteiger partial charge on any atom is 0.138 e. The zero-order valence-electron chi connectivity index (χ0n) is 17.0. The van der Waals surface area contributed by atoms with Crippen LogP contribution in [-0.2, 0) is 0 Å². The highest BCUT2D eigenvalue weighted by Crippen LogP contribution is 2.34. The molecule has 5 rings (SSSR count). The fourth-order valence-corrected chi connectivity index (χ4v) is 3.63. The summed E-state index contributed by atoms with van der Waals surface area (Å²) in [4.78, 5) is 4.42. The molecule has 5 nitrogen and oxygen atoms in total. The standard InChI is InChI=1S/C26H21N3O2/c1-30-18-9-12-21-25(16-18)28-14-13-26(21)31-19-10-11-20-17(15-19)5-4-8-23(20)29-24-7-3-2-6-22(24)27/h2-16,29H,27H2,1H3. The molecule has 0 saturated heterocycles. The quantitative estimate of drug-likeness (QED) is 0.325. The molecular weight excluding hydrogens is 386 g/mol. The molecule has 1 heterocycles. The Hall–Kier alpha value is -4.25. The highest BCUT2D eigenvalue weighted by atomic mass is 16.5. The van der Waals surface area contributed by atoms with E-state index in [-0.39, 0.29) is 0 Å². The SMILES string of the molecule is COc1ccc2c(Oc3ccc4c(Nc5ccccc5N)cccc4c3)ccnc2c1. The molecule has 0 saturated carbocycles. The maximum absolute atomic E-state index is 6.23. The van der Waals surface area contributed by atoms with Crippen molar-refractivity contribution in [3.8, 4) is 17.2 Å². The zero-order chi connectivity index (χ0) is 21.2. The first kappa shape index (κ1) is 18.8. The van der Waals surface area contributed by atoms with Crippen molar-refractivity contribution in [1.29, 1.82) is 0 Å². The number of para-hydroxylation sites is 2. The largest absolute Gasteiger partial charge is 0.497 e. The number of anilines is 3. The lowest BCUT2D eigenvalue weighted by atomic mass is 10.1. The molecule has 4 aromatic carbocycles.